The zero-order valence-corrected chi connectivity index (χ0v) is 15.3. The van der Waals surface area contributed by atoms with E-state index < -0.39 is 28.0 Å². The van der Waals surface area contributed by atoms with Crippen LogP contribution < -0.4 is 9.62 Å². The molecule has 138 valence electrons. The Morgan fingerprint density at radius 1 is 1.31 bits per heavy atom. The predicted molar refractivity (Wildman–Crippen MR) is 95.4 cm³/mol. The quantitative estimate of drug-likeness (QED) is 0.839. The first-order valence-electron chi connectivity index (χ1n) is 7.76. The Bertz CT molecular complexity index is 952. The summed E-state index contributed by atoms with van der Waals surface area (Å²) in [5.74, 6) is -0.476. The molecule has 1 heterocycles. The Hall–Kier alpha value is -2.16. The molecular formula is C17H16ClFN2O4S. The van der Waals surface area contributed by atoms with E-state index in [1.165, 1.54) is 35.2 Å². The van der Waals surface area contributed by atoms with Gasteiger partial charge in [0.2, 0.25) is 10.0 Å². The van der Waals surface area contributed by atoms with E-state index in [1.54, 1.807) is 19.1 Å². The van der Waals surface area contributed by atoms with Crippen molar-refractivity contribution in [3.8, 4) is 0 Å². The number of cyclic esters (lactones) is 1. The largest absolute Gasteiger partial charge is 0.443 e. The van der Waals surface area contributed by atoms with Crippen LogP contribution in [0, 0.1) is 12.7 Å². The van der Waals surface area contributed by atoms with Gasteiger partial charge in [0, 0.05) is 11.6 Å². The number of halogens is 2. The van der Waals surface area contributed by atoms with Gasteiger partial charge >= 0.3 is 6.09 Å². The molecule has 0 radical (unpaired) electrons. The minimum atomic E-state index is -3.80. The zero-order chi connectivity index (χ0) is 18.9. The van der Waals surface area contributed by atoms with Crippen LogP contribution in [0.25, 0.3) is 0 Å². The maximum absolute atomic E-state index is 13.3. The van der Waals surface area contributed by atoms with E-state index in [2.05, 4.69) is 4.72 Å². The van der Waals surface area contributed by atoms with Gasteiger partial charge in [-0.05, 0) is 42.8 Å². The van der Waals surface area contributed by atoms with Gasteiger partial charge in [0.15, 0.2) is 0 Å². The molecule has 1 aliphatic heterocycles. The average molecular weight is 399 g/mol. The van der Waals surface area contributed by atoms with Gasteiger partial charge in [-0.2, -0.15) is 0 Å². The molecule has 1 unspecified atom stereocenters. The fourth-order valence-electron chi connectivity index (χ4n) is 2.51. The Kier molecular flexibility index (Phi) is 5.17. The van der Waals surface area contributed by atoms with Crippen molar-refractivity contribution in [2.24, 2.45) is 0 Å². The standard InChI is InChI=1S/C17H16ClFN2O4S/c1-11-5-6-15(8-16(11)18)26(23,24)20-9-14-10-21(17(22)25-14)13-4-2-3-12(19)7-13/h2-8,14,20H,9-10H2,1H3. The third-order valence-corrected chi connectivity index (χ3v) is 5.78. The lowest BCUT2D eigenvalue weighted by atomic mass is 10.2. The van der Waals surface area contributed by atoms with Gasteiger partial charge in [0.05, 0.1) is 17.1 Å². The highest BCUT2D eigenvalue weighted by Crippen LogP contribution is 2.23. The number of nitrogens with one attached hydrogen (secondary N) is 1. The molecule has 9 heteroatoms. The van der Waals surface area contributed by atoms with Crippen molar-refractivity contribution in [2.75, 3.05) is 18.0 Å². The van der Waals surface area contributed by atoms with Crippen LogP contribution in [-0.2, 0) is 14.8 Å². The van der Waals surface area contributed by atoms with Crippen molar-refractivity contribution in [1.29, 1.82) is 0 Å². The van der Waals surface area contributed by atoms with Crippen molar-refractivity contribution in [3.63, 3.8) is 0 Å². The summed E-state index contributed by atoms with van der Waals surface area (Å²) in [5.41, 5.74) is 1.12. The number of rotatable bonds is 5. The van der Waals surface area contributed by atoms with Gasteiger partial charge < -0.3 is 4.74 Å². The summed E-state index contributed by atoms with van der Waals surface area (Å²) in [6.45, 7) is 1.77. The summed E-state index contributed by atoms with van der Waals surface area (Å²) in [7, 11) is -3.80. The molecule has 1 aliphatic rings. The Balaban J connectivity index is 1.66. The van der Waals surface area contributed by atoms with Gasteiger partial charge in [0.1, 0.15) is 11.9 Å². The number of carbonyl (C=O) groups excluding carboxylic acids is 1. The third kappa shape index (κ3) is 3.98. The molecule has 1 fully saturated rings. The maximum Gasteiger partial charge on any atom is 0.414 e. The first-order chi connectivity index (χ1) is 12.3. The van der Waals surface area contributed by atoms with E-state index in [0.717, 1.165) is 5.56 Å². The average Bonchev–Trinajstić information content (AvgIpc) is 2.96. The Labute approximate surface area is 155 Å². The summed E-state index contributed by atoms with van der Waals surface area (Å²) < 4.78 is 45.6. The smallest absolute Gasteiger partial charge is 0.414 e. The second-order valence-corrected chi connectivity index (χ2v) is 8.03. The van der Waals surface area contributed by atoms with E-state index in [9.17, 15) is 17.6 Å². The molecule has 2 aromatic rings. The number of benzene rings is 2. The first-order valence-corrected chi connectivity index (χ1v) is 9.62. The van der Waals surface area contributed by atoms with Crippen molar-refractivity contribution < 1.29 is 22.3 Å². The summed E-state index contributed by atoms with van der Waals surface area (Å²) in [6.07, 6.45) is -1.35. The second-order valence-electron chi connectivity index (χ2n) is 5.86. The normalized spacial score (nSPS) is 17.4. The highest BCUT2D eigenvalue weighted by atomic mass is 35.5. The van der Waals surface area contributed by atoms with Gasteiger partial charge in [-0.1, -0.05) is 23.7 Å². The van der Waals surface area contributed by atoms with Crippen molar-refractivity contribution in [3.05, 3.63) is 58.9 Å². The number of hydrogen-bond donors (Lipinski definition) is 1. The second kappa shape index (κ2) is 7.22. The van der Waals surface area contributed by atoms with Crippen molar-refractivity contribution in [2.45, 2.75) is 17.9 Å². The number of anilines is 1. The lowest BCUT2D eigenvalue weighted by Gasteiger charge is -2.13. The molecule has 0 saturated carbocycles. The van der Waals surface area contributed by atoms with Crippen LogP contribution in [0.4, 0.5) is 14.9 Å². The van der Waals surface area contributed by atoms with Crippen LogP contribution in [0.3, 0.4) is 0 Å². The molecule has 1 saturated heterocycles. The number of nitrogens with zero attached hydrogens (tertiary/aromatic N) is 1. The Morgan fingerprint density at radius 3 is 2.77 bits per heavy atom. The van der Waals surface area contributed by atoms with E-state index in [-0.39, 0.29) is 18.0 Å². The summed E-state index contributed by atoms with van der Waals surface area (Å²) in [6, 6.07) is 9.95. The summed E-state index contributed by atoms with van der Waals surface area (Å²) >= 11 is 5.97. The molecule has 3 rings (SSSR count). The number of carbonyl (C=O) groups is 1. The van der Waals surface area contributed by atoms with E-state index in [1.807, 2.05) is 0 Å². The lowest BCUT2D eigenvalue weighted by Crippen LogP contribution is -2.34. The molecule has 1 atom stereocenters. The first kappa shape index (κ1) is 18.6. The molecule has 0 spiro atoms. The minimum absolute atomic E-state index is 0.0272. The van der Waals surface area contributed by atoms with Gasteiger partial charge in [0.25, 0.3) is 0 Å². The number of ether oxygens (including phenoxy) is 1. The lowest BCUT2D eigenvalue weighted by molar-refractivity contribution is 0.143. The van der Waals surface area contributed by atoms with E-state index >= 15 is 0 Å². The topological polar surface area (TPSA) is 75.7 Å². The SMILES string of the molecule is Cc1ccc(S(=O)(=O)NCC2CN(c3cccc(F)c3)C(=O)O2)cc1Cl. The summed E-state index contributed by atoms with van der Waals surface area (Å²) in [5, 5.41) is 0.345. The number of sulfonamides is 1. The molecule has 26 heavy (non-hydrogen) atoms. The van der Waals surface area contributed by atoms with Gasteiger partial charge in [-0.25, -0.2) is 22.3 Å². The molecular weight excluding hydrogens is 383 g/mol. The third-order valence-electron chi connectivity index (χ3n) is 3.95. The van der Waals surface area contributed by atoms with Gasteiger partial charge in [-0.15, -0.1) is 0 Å². The van der Waals surface area contributed by atoms with Crippen molar-refractivity contribution in [1.82, 2.24) is 4.72 Å². The summed E-state index contributed by atoms with van der Waals surface area (Å²) in [4.78, 5) is 13.2. The molecule has 1 amide bonds. The van der Waals surface area contributed by atoms with Crippen LogP contribution in [0.1, 0.15) is 5.56 Å². The fourth-order valence-corrected chi connectivity index (χ4v) is 3.85. The predicted octanol–water partition coefficient (Wildman–Crippen LogP) is 3.09. The number of amides is 1. The molecule has 0 bridgehead atoms. The minimum Gasteiger partial charge on any atom is -0.443 e. The van der Waals surface area contributed by atoms with Crippen LogP contribution in [0.5, 0.6) is 0 Å². The van der Waals surface area contributed by atoms with E-state index in [0.29, 0.717) is 10.7 Å². The van der Waals surface area contributed by atoms with Crippen LogP contribution >= 0.6 is 11.6 Å². The molecule has 0 aliphatic carbocycles. The molecule has 6 nitrogen and oxygen atoms in total. The monoisotopic (exact) mass is 398 g/mol. The highest BCUT2D eigenvalue weighted by molar-refractivity contribution is 7.89. The van der Waals surface area contributed by atoms with Crippen LogP contribution in [0.15, 0.2) is 47.4 Å². The number of aryl methyl sites for hydroxylation is 1. The Morgan fingerprint density at radius 2 is 2.08 bits per heavy atom. The highest BCUT2D eigenvalue weighted by Gasteiger charge is 2.33. The van der Waals surface area contributed by atoms with Gasteiger partial charge in [-0.3, -0.25) is 4.90 Å². The zero-order valence-electron chi connectivity index (χ0n) is 13.8. The number of hydrogen-bond acceptors (Lipinski definition) is 4. The van der Waals surface area contributed by atoms with Crippen LogP contribution in [0.2, 0.25) is 5.02 Å². The molecule has 0 aromatic heterocycles. The molecule has 1 N–H and O–H groups in total. The fraction of sp³-hybridized carbons (Fsp3) is 0.235. The van der Waals surface area contributed by atoms with E-state index in [4.69, 9.17) is 16.3 Å². The van der Waals surface area contributed by atoms with Crippen molar-refractivity contribution >= 4 is 33.4 Å². The molecule has 2 aromatic carbocycles. The maximum atomic E-state index is 13.3. The van der Waals surface area contributed by atoms with Crippen LogP contribution in [-0.4, -0.2) is 33.7 Å².